The second kappa shape index (κ2) is 10.5. The van der Waals surface area contributed by atoms with Crippen LogP contribution < -0.4 is 0 Å². The molecule has 7 aromatic carbocycles. The number of hydrogen-bond donors (Lipinski definition) is 0. The van der Waals surface area contributed by atoms with Gasteiger partial charge < -0.3 is 0 Å². The molecule has 9 rings (SSSR count). The van der Waals surface area contributed by atoms with Gasteiger partial charge >= 0.3 is 0 Å². The van der Waals surface area contributed by atoms with E-state index >= 15 is 0 Å². The first-order valence-corrected chi connectivity index (χ1v) is 15.8. The summed E-state index contributed by atoms with van der Waals surface area (Å²) in [6.45, 7) is 0. The monoisotopic (exact) mass is 591 g/mol. The molecule has 0 radical (unpaired) electrons. The molecule has 0 saturated heterocycles. The van der Waals surface area contributed by atoms with Crippen molar-refractivity contribution < 1.29 is 0 Å². The Morgan fingerprint density at radius 2 is 0.933 bits per heavy atom. The Morgan fingerprint density at radius 1 is 0.356 bits per heavy atom. The van der Waals surface area contributed by atoms with Crippen molar-refractivity contribution >= 4 is 53.7 Å². The summed E-state index contributed by atoms with van der Waals surface area (Å²) in [5.41, 5.74) is 4.17. The van der Waals surface area contributed by atoms with Gasteiger partial charge in [-0.1, -0.05) is 127 Å². The van der Waals surface area contributed by atoms with E-state index in [0.29, 0.717) is 17.5 Å². The minimum absolute atomic E-state index is 0.664. The maximum atomic E-state index is 4.98. The fraction of sp³-hybridized carbons (Fsp3) is 0. The number of nitrogens with zero attached hydrogens (tertiary/aromatic N) is 3. The van der Waals surface area contributed by atoms with Gasteiger partial charge in [-0.15, -0.1) is 11.3 Å². The largest absolute Gasteiger partial charge is 0.208 e. The summed E-state index contributed by atoms with van der Waals surface area (Å²) < 4.78 is 1.26. The molecule has 0 N–H and O–H groups in total. The highest BCUT2D eigenvalue weighted by molar-refractivity contribution is 7.22. The highest BCUT2D eigenvalue weighted by Crippen LogP contribution is 2.42. The van der Waals surface area contributed by atoms with Crippen molar-refractivity contribution in [2.75, 3.05) is 0 Å². The Morgan fingerprint density at radius 3 is 1.64 bits per heavy atom. The van der Waals surface area contributed by atoms with E-state index in [1.807, 2.05) is 72.0 Å². The first-order chi connectivity index (χ1) is 22.3. The second-order valence-electron chi connectivity index (χ2n) is 11.3. The molecule has 0 amide bonds. The highest BCUT2D eigenvalue weighted by atomic mass is 32.1. The molecule has 0 unspecified atom stereocenters. The van der Waals surface area contributed by atoms with E-state index in [-0.39, 0.29) is 0 Å². The first kappa shape index (κ1) is 25.8. The summed E-state index contributed by atoms with van der Waals surface area (Å²) in [5.74, 6) is 2.00. The standard InChI is InChI=1S/C41H25N3S/c1-3-11-27(12-4-1)39-42-40(28-13-5-2-6-14-28)44-41(43-39)30-20-19-26-21-22-37-36(34(26)24-30)25-38(45-37)35-23-29-15-7-8-16-31(29)32-17-9-10-18-33(32)35/h1-25H. The van der Waals surface area contributed by atoms with Crippen LogP contribution >= 0.6 is 11.3 Å². The fourth-order valence-corrected chi connectivity index (χ4v) is 7.41. The van der Waals surface area contributed by atoms with Crippen LogP contribution in [-0.4, -0.2) is 15.0 Å². The lowest BCUT2D eigenvalue weighted by Crippen LogP contribution is -2.00. The fourth-order valence-electron chi connectivity index (χ4n) is 6.31. The molecule has 9 aromatic rings. The second-order valence-corrected chi connectivity index (χ2v) is 12.3. The van der Waals surface area contributed by atoms with E-state index in [4.69, 9.17) is 15.0 Å². The zero-order valence-corrected chi connectivity index (χ0v) is 25.0. The van der Waals surface area contributed by atoms with E-state index in [1.54, 1.807) is 0 Å². The molecule has 2 heterocycles. The van der Waals surface area contributed by atoms with Crippen molar-refractivity contribution in [3.8, 4) is 44.6 Å². The molecule has 0 spiro atoms. The SMILES string of the molecule is c1ccc(-c2nc(-c3ccccc3)nc(-c3ccc4ccc5sc(-c6cc7ccccc7c7ccccc67)cc5c4c3)n2)cc1. The Balaban J connectivity index is 1.24. The molecule has 2 aromatic heterocycles. The Kier molecular flexibility index (Phi) is 6.00. The van der Waals surface area contributed by atoms with Crippen molar-refractivity contribution in [2.45, 2.75) is 0 Å². The van der Waals surface area contributed by atoms with E-state index in [9.17, 15) is 0 Å². The van der Waals surface area contributed by atoms with Crippen LogP contribution in [0.1, 0.15) is 0 Å². The number of benzene rings is 7. The predicted molar refractivity (Wildman–Crippen MR) is 189 cm³/mol. The van der Waals surface area contributed by atoms with Crippen molar-refractivity contribution in [1.82, 2.24) is 15.0 Å². The zero-order valence-electron chi connectivity index (χ0n) is 24.2. The van der Waals surface area contributed by atoms with Gasteiger partial charge in [-0.05, 0) is 56.6 Å². The molecule has 3 nitrogen and oxygen atoms in total. The molecule has 0 aliphatic carbocycles. The lowest BCUT2D eigenvalue weighted by molar-refractivity contribution is 1.07. The van der Waals surface area contributed by atoms with Gasteiger partial charge in [-0.25, -0.2) is 15.0 Å². The van der Waals surface area contributed by atoms with Crippen LogP contribution in [-0.2, 0) is 0 Å². The first-order valence-electron chi connectivity index (χ1n) is 15.0. The van der Waals surface area contributed by atoms with Crippen molar-refractivity contribution in [1.29, 1.82) is 0 Å². The lowest BCUT2D eigenvalue weighted by Gasteiger charge is -2.09. The van der Waals surface area contributed by atoms with Crippen molar-refractivity contribution in [3.63, 3.8) is 0 Å². The third-order valence-electron chi connectivity index (χ3n) is 8.51. The Bertz CT molecular complexity index is 2480. The van der Waals surface area contributed by atoms with Gasteiger partial charge in [0.1, 0.15) is 0 Å². The van der Waals surface area contributed by atoms with Crippen LogP contribution in [0.4, 0.5) is 0 Å². The summed E-state index contributed by atoms with van der Waals surface area (Å²) in [7, 11) is 0. The van der Waals surface area contributed by atoms with Gasteiger partial charge in [-0.2, -0.15) is 0 Å². The maximum absolute atomic E-state index is 4.98. The van der Waals surface area contributed by atoms with Crippen LogP contribution in [0.3, 0.4) is 0 Å². The van der Waals surface area contributed by atoms with Crippen LogP contribution in [0, 0.1) is 0 Å². The van der Waals surface area contributed by atoms with Crippen molar-refractivity contribution in [3.05, 3.63) is 152 Å². The van der Waals surface area contributed by atoms with E-state index in [1.165, 1.54) is 52.8 Å². The average molecular weight is 592 g/mol. The van der Waals surface area contributed by atoms with Gasteiger partial charge in [0.25, 0.3) is 0 Å². The topological polar surface area (TPSA) is 38.7 Å². The molecule has 45 heavy (non-hydrogen) atoms. The van der Waals surface area contributed by atoms with Gasteiger partial charge in [0.2, 0.25) is 0 Å². The summed E-state index contributed by atoms with van der Waals surface area (Å²) in [6.07, 6.45) is 0. The molecule has 0 atom stereocenters. The van der Waals surface area contributed by atoms with Crippen LogP contribution in [0.25, 0.3) is 87.0 Å². The van der Waals surface area contributed by atoms with E-state index in [2.05, 4.69) is 91.0 Å². The number of aromatic nitrogens is 3. The summed E-state index contributed by atoms with van der Waals surface area (Å²) in [5, 5.41) is 8.74. The highest BCUT2D eigenvalue weighted by Gasteiger charge is 2.15. The van der Waals surface area contributed by atoms with Crippen molar-refractivity contribution in [2.24, 2.45) is 0 Å². The molecule has 210 valence electrons. The molecule has 0 fully saturated rings. The minimum Gasteiger partial charge on any atom is -0.208 e. The number of rotatable bonds is 4. The van der Waals surface area contributed by atoms with Gasteiger partial charge in [0.05, 0.1) is 0 Å². The third-order valence-corrected chi connectivity index (χ3v) is 9.64. The van der Waals surface area contributed by atoms with Crippen LogP contribution in [0.15, 0.2) is 152 Å². The molecular weight excluding hydrogens is 567 g/mol. The zero-order chi connectivity index (χ0) is 29.7. The van der Waals surface area contributed by atoms with E-state index < -0.39 is 0 Å². The molecule has 4 heteroatoms. The number of hydrogen-bond acceptors (Lipinski definition) is 4. The smallest absolute Gasteiger partial charge is 0.164 e. The normalized spacial score (nSPS) is 11.6. The Labute approximate surface area is 264 Å². The number of thiophene rings is 1. The molecule has 0 saturated carbocycles. The summed E-state index contributed by atoms with van der Waals surface area (Å²) >= 11 is 1.85. The van der Waals surface area contributed by atoms with Gasteiger partial charge in [0, 0.05) is 37.2 Å². The summed E-state index contributed by atoms with van der Waals surface area (Å²) in [6, 6.07) is 53.4. The number of fused-ring (bicyclic) bond motifs is 6. The minimum atomic E-state index is 0.664. The lowest BCUT2D eigenvalue weighted by atomic mass is 9.96. The third kappa shape index (κ3) is 4.46. The molecular formula is C41H25N3S. The van der Waals surface area contributed by atoms with Crippen LogP contribution in [0.5, 0.6) is 0 Å². The average Bonchev–Trinajstić information content (AvgIpc) is 3.57. The Hall–Kier alpha value is -5.71. The molecule has 0 aliphatic rings. The van der Waals surface area contributed by atoms with E-state index in [0.717, 1.165) is 16.7 Å². The summed E-state index contributed by atoms with van der Waals surface area (Å²) in [4.78, 5) is 16.1. The maximum Gasteiger partial charge on any atom is 0.164 e. The van der Waals surface area contributed by atoms with Gasteiger partial charge in [0.15, 0.2) is 17.5 Å². The quantitative estimate of drug-likeness (QED) is 0.191. The molecule has 0 bridgehead atoms. The van der Waals surface area contributed by atoms with Crippen LogP contribution in [0.2, 0.25) is 0 Å². The predicted octanol–water partition coefficient (Wildman–Crippen LogP) is 11.2. The van der Waals surface area contributed by atoms with Gasteiger partial charge in [-0.3, -0.25) is 0 Å². The molecule has 0 aliphatic heterocycles.